The van der Waals surface area contributed by atoms with Crippen LogP contribution in [0.3, 0.4) is 0 Å². The van der Waals surface area contributed by atoms with Gasteiger partial charge in [0, 0.05) is 0 Å². The molecule has 0 aromatic rings. The Labute approximate surface area is 113 Å². The maximum absolute atomic E-state index is 13.9. The highest BCUT2D eigenvalue weighted by Gasteiger charge is 3.00. The lowest BCUT2D eigenvalue weighted by Crippen LogP contribution is -2.85. The second-order valence-electron chi connectivity index (χ2n) is 4.78. The molecule has 0 atom stereocenters. The molecule has 0 nitrogen and oxygen atoms in total. The topological polar surface area (TPSA) is 0 Å². The van der Waals surface area contributed by atoms with Gasteiger partial charge in [0.2, 0.25) is 5.29 Å². The van der Waals surface area contributed by atoms with Crippen LogP contribution in [0.2, 0.25) is 6.04 Å². The van der Waals surface area contributed by atoms with E-state index in [1.165, 1.54) is 6.92 Å². The zero-order chi connectivity index (χ0) is 17.1. The minimum atomic E-state index is -7.09. The molecule has 1 fully saturated rings. The number of rotatable bonds is 3. The Hall–Kier alpha value is -0.553. The SMILES string of the molecule is CCC[SiH2]C1(F)C(F)(F)C(F)(F)C(F)(F)C(F)(F)C1(F)F. The first kappa shape index (κ1) is 18.5. The van der Waals surface area contributed by atoms with Crippen LogP contribution in [0.1, 0.15) is 13.3 Å². The molecule has 12 heteroatoms. The molecule has 1 rings (SSSR count). The molecule has 0 aromatic carbocycles. The van der Waals surface area contributed by atoms with Gasteiger partial charge in [-0.05, 0) is 0 Å². The second-order valence-corrected chi connectivity index (χ2v) is 6.96. The van der Waals surface area contributed by atoms with Gasteiger partial charge >= 0.3 is 29.6 Å². The van der Waals surface area contributed by atoms with Crippen LogP contribution in [-0.4, -0.2) is 44.4 Å². The Balaban J connectivity index is 3.66. The van der Waals surface area contributed by atoms with Gasteiger partial charge in [0.05, 0.1) is 9.52 Å². The smallest absolute Gasteiger partial charge is 0.235 e. The van der Waals surface area contributed by atoms with Gasteiger partial charge in [0.25, 0.3) is 0 Å². The summed E-state index contributed by atoms with van der Waals surface area (Å²) >= 11 is 0. The van der Waals surface area contributed by atoms with Crippen LogP contribution in [0.25, 0.3) is 0 Å². The quantitative estimate of drug-likeness (QED) is 0.534. The van der Waals surface area contributed by atoms with Crippen molar-refractivity contribution >= 4 is 9.52 Å². The van der Waals surface area contributed by atoms with E-state index in [4.69, 9.17) is 0 Å². The molecule has 0 heterocycles. The summed E-state index contributed by atoms with van der Waals surface area (Å²) in [5.74, 6) is -34.2. The molecule has 0 aliphatic heterocycles. The predicted octanol–water partition coefficient (Wildman–Crippen LogP) is 3.84. The second kappa shape index (κ2) is 4.48. The van der Waals surface area contributed by atoms with Crippen LogP contribution in [0.15, 0.2) is 0 Å². The molecule has 0 amide bonds. The molecule has 126 valence electrons. The highest BCUT2D eigenvalue weighted by atomic mass is 28.2. The molecule has 1 aliphatic carbocycles. The van der Waals surface area contributed by atoms with Crippen molar-refractivity contribution in [3.05, 3.63) is 0 Å². The van der Waals surface area contributed by atoms with E-state index in [0.29, 0.717) is 0 Å². The highest BCUT2D eigenvalue weighted by Crippen LogP contribution is 2.69. The zero-order valence-corrected chi connectivity index (χ0v) is 11.7. The summed E-state index contributed by atoms with van der Waals surface area (Å²) in [6, 6.07) is -0.764. The average molecular weight is 354 g/mol. The molecule has 0 saturated heterocycles. The molecular formula is C9H9F11Si. The van der Waals surface area contributed by atoms with Gasteiger partial charge in [0.1, 0.15) is 0 Å². The molecule has 1 saturated carbocycles. The van der Waals surface area contributed by atoms with E-state index in [1.807, 2.05) is 0 Å². The van der Waals surface area contributed by atoms with Gasteiger partial charge in [-0.2, -0.15) is 43.9 Å². The van der Waals surface area contributed by atoms with Gasteiger partial charge in [-0.1, -0.05) is 19.4 Å². The number of alkyl halides is 11. The van der Waals surface area contributed by atoms with Crippen molar-refractivity contribution in [1.29, 1.82) is 0 Å². The van der Waals surface area contributed by atoms with Gasteiger partial charge in [-0.3, -0.25) is 0 Å². The van der Waals surface area contributed by atoms with Crippen molar-refractivity contribution in [2.24, 2.45) is 0 Å². The largest absolute Gasteiger partial charge is 0.384 e. The van der Waals surface area contributed by atoms with E-state index in [0.717, 1.165) is 0 Å². The Morgan fingerprint density at radius 3 is 1.14 bits per heavy atom. The summed E-state index contributed by atoms with van der Waals surface area (Å²) in [7, 11) is -3.59. The molecule has 0 unspecified atom stereocenters. The van der Waals surface area contributed by atoms with Crippen molar-refractivity contribution in [3.63, 3.8) is 0 Å². The van der Waals surface area contributed by atoms with Crippen LogP contribution >= 0.6 is 0 Å². The first-order chi connectivity index (χ1) is 9.06. The summed E-state index contributed by atoms with van der Waals surface area (Å²) in [6.07, 6.45) is -0.225. The molecule has 0 radical (unpaired) electrons. The van der Waals surface area contributed by atoms with Gasteiger partial charge in [0.15, 0.2) is 0 Å². The van der Waals surface area contributed by atoms with Crippen molar-refractivity contribution in [1.82, 2.24) is 0 Å². The fourth-order valence-electron chi connectivity index (χ4n) is 2.02. The standard InChI is InChI=1S/C9H9F11Si/c1-2-3-21-9(20)7(16,17)5(12,13)4(10,11)6(14,15)8(9,18)19/h2-3,21H2,1H3. The summed E-state index contributed by atoms with van der Waals surface area (Å²) in [5.41, 5.74) is 0. The summed E-state index contributed by atoms with van der Waals surface area (Å²) in [4.78, 5) is 0. The molecule has 0 aromatic heterocycles. The van der Waals surface area contributed by atoms with E-state index in [1.54, 1.807) is 0 Å². The van der Waals surface area contributed by atoms with E-state index in [9.17, 15) is 48.3 Å². The molecular weight excluding hydrogens is 345 g/mol. The molecule has 0 bridgehead atoms. The predicted molar refractivity (Wildman–Crippen MR) is 52.2 cm³/mol. The monoisotopic (exact) mass is 354 g/mol. The third-order valence-electron chi connectivity index (χ3n) is 3.45. The minimum Gasteiger partial charge on any atom is -0.235 e. The summed E-state index contributed by atoms with van der Waals surface area (Å²) in [6.45, 7) is 1.18. The molecule has 0 N–H and O–H groups in total. The maximum atomic E-state index is 13.9. The lowest BCUT2D eigenvalue weighted by molar-refractivity contribution is -0.471. The van der Waals surface area contributed by atoms with Crippen molar-refractivity contribution in [2.45, 2.75) is 54.3 Å². The average Bonchev–Trinajstić information content (AvgIpc) is 2.33. The van der Waals surface area contributed by atoms with Gasteiger partial charge in [-0.15, -0.1) is 0 Å². The van der Waals surface area contributed by atoms with Crippen molar-refractivity contribution in [2.75, 3.05) is 0 Å². The third-order valence-corrected chi connectivity index (χ3v) is 6.09. The van der Waals surface area contributed by atoms with Crippen LogP contribution in [-0.2, 0) is 0 Å². The van der Waals surface area contributed by atoms with E-state index < -0.39 is 50.5 Å². The van der Waals surface area contributed by atoms with Crippen LogP contribution in [0.4, 0.5) is 48.3 Å². The van der Waals surface area contributed by atoms with Crippen LogP contribution < -0.4 is 0 Å². The highest BCUT2D eigenvalue weighted by molar-refractivity contribution is 6.40. The van der Waals surface area contributed by atoms with Crippen LogP contribution in [0.5, 0.6) is 0 Å². The van der Waals surface area contributed by atoms with Crippen LogP contribution in [0, 0.1) is 0 Å². The lowest BCUT2D eigenvalue weighted by atomic mass is 9.80. The van der Waals surface area contributed by atoms with Gasteiger partial charge in [-0.25, -0.2) is 4.39 Å². The fourth-order valence-corrected chi connectivity index (χ4v) is 3.93. The molecule has 0 spiro atoms. The normalized spacial score (nSPS) is 31.4. The first-order valence-corrected chi connectivity index (χ1v) is 7.35. The molecule has 21 heavy (non-hydrogen) atoms. The first-order valence-electron chi connectivity index (χ1n) is 5.64. The van der Waals surface area contributed by atoms with Crippen molar-refractivity contribution < 1.29 is 48.3 Å². The number of hydrogen-bond donors (Lipinski definition) is 0. The summed E-state index contributed by atoms with van der Waals surface area (Å²) in [5, 5.41) is -5.66. The Bertz CT molecular complexity index is 386. The van der Waals surface area contributed by atoms with E-state index in [-0.39, 0.29) is 6.42 Å². The Kier molecular flexibility index (Phi) is 3.94. The van der Waals surface area contributed by atoms with E-state index >= 15 is 0 Å². The Morgan fingerprint density at radius 1 is 0.571 bits per heavy atom. The summed E-state index contributed by atoms with van der Waals surface area (Å²) < 4.78 is 145. The third kappa shape index (κ3) is 1.73. The zero-order valence-electron chi connectivity index (χ0n) is 10.3. The minimum absolute atomic E-state index is 0.225. The fraction of sp³-hybridized carbons (Fsp3) is 1.00. The maximum Gasteiger partial charge on any atom is 0.384 e. The lowest BCUT2D eigenvalue weighted by Gasteiger charge is -2.52. The number of hydrogen-bond acceptors (Lipinski definition) is 0. The van der Waals surface area contributed by atoms with E-state index in [2.05, 4.69) is 0 Å². The van der Waals surface area contributed by atoms with Crippen molar-refractivity contribution in [3.8, 4) is 0 Å². The Morgan fingerprint density at radius 2 is 0.857 bits per heavy atom. The number of halogens is 11. The molecule has 1 aliphatic rings. The van der Waals surface area contributed by atoms with Gasteiger partial charge < -0.3 is 0 Å².